The summed E-state index contributed by atoms with van der Waals surface area (Å²) in [4.78, 5) is 12.3. The highest BCUT2D eigenvalue weighted by Gasteiger charge is 2.52. The van der Waals surface area contributed by atoms with E-state index in [1.54, 1.807) is 0 Å². The van der Waals surface area contributed by atoms with E-state index >= 15 is 0 Å². The SMILES string of the molecule is COC(=O)C(COC1CCOC1)(NC(C)C)C1CC1. The van der Waals surface area contributed by atoms with Crippen LogP contribution in [0.2, 0.25) is 0 Å². The summed E-state index contributed by atoms with van der Waals surface area (Å²) in [5.41, 5.74) is -0.689. The van der Waals surface area contributed by atoms with Crippen molar-refractivity contribution < 1.29 is 19.0 Å². The number of rotatable bonds is 7. The number of carbonyl (C=O) groups is 1. The Kier molecular flexibility index (Phi) is 4.81. The maximum absolute atomic E-state index is 12.3. The molecule has 19 heavy (non-hydrogen) atoms. The van der Waals surface area contributed by atoms with Gasteiger partial charge in [0.15, 0.2) is 0 Å². The van der Waals surface area contributed by atoms with Crippen molar-refractivity contribution in [2.24, 2.45) is 5.92 Å². The summed E-state index contributed by atoms with van der Waals surface area (Å²) in [6.45, 7) is 5.83. The van der Waals surface area contributed by atoms with Gasteiger partial charge in [0.25, 0.3) is 0 Å². The van der Waals surface area contributed by atoms with Gasteiger partial charge in [-0.1, -0.05) is 0 Å². The minimum atomic E-state index is -0.689. The zero-order chi connectivity index (χ0) is 13.9. The molecule has 0 amide bonds. The highest BCUT2D eigenvalue weighted by Crippen LogP contribution is 2.41. The van der Waals surface area contributed by atoms with Crippen molar-refractivity contribution in [3.63, 3.8) is 0 Å². The fourth-order valence-corrected chi connectivity index (χ4v) is 2.73. The fraction of sp³-hybridized carbons (Fsp3) is 0.929. The van der Waals surface area contributed by atoms with Gasteiger partial charge in [-0.15, -0.1) is 0 Å². The normalized spacial score (nSPS) is 26.4. The van der Waals surface area contributed by atoms with Crippen LogP contribution in [-0.4, -0.2) is 50.6 Å². The van der Waals surface area contributed by atoms with Gasteiger partial charge in [-0.2, -0.15) is 0 Å². The van der Waals surface area contributed by atoms with Crippen LogP contribution in [0.1, 0.15) is 33.1 Å². The lowest BCUT2D eigenvalue weighted by Gasteiger charge is -2.34. The molecule has 2 atom stereocenters. The van der Waals surface area contributed by atoms with E-state index in [4.69, 9.17) is 14.2 Å². The lowest BCUT2D eigenvalue weighted by Crippen LogP contribution is -2.60. The van der Waals surface area contributed by atoms with Crippen LogP contribution in [0, 0.1) is 5.92 Å². The molecular weight excluding hydrogens is 246 g/mol. The Morgan fingerprint density at radius 3 is 2.63 bits per heavy atom. The van der Waals surface area contributed by atoms with Crippen LogP contribution < -0.4 is 5.32 Å². The Bertz CT molecular complexity index is 311. The van der Waals surface area contributed by atoms with Crippen LogP contribution in [0.3, 0.4) is 0 Å². The van der Waals surface area contributed by atoms with Crippen molar-refractivity contribution in [1.29, 1.82) is 0 Å². The molecule has 110 valence electrons. The van der Waals surface area contributed by atoms with Crippen LogP contribution in [0.25, 0.3) is 0 Å². The zero-order valence-electron chi connectivity index (χ0n) is 12.1. The molecule has 0 aromatic rings. The van der Waals surface area contributed by atoms with E-state index in [0.29, 0.717) is 19.1 Å². The van der Waals surface area contributed by atoms with Crippen LogP contribution in [0.15, 0.2) is 0 Å². The van der Waals surface area contributed by atoms with Gasteiger partial charge in [0.2, 0.25) is 0 Å². The van der Waals surface area contributed by atoms with Gasteiger partial charge in [0, 0.05) is 12.6 Å². The molecular formula is C14H25NO4. The van der Waals surface area contributed by atoms with Crippen molar-refractivity contribution in [2.45, 2.75) is 50.8 Å². The Labute approximate surface area is 115 Å². The van der Waals surface area contributed by atoms with E-state index in [0.717, 1.165) is 25.9 Å². The van der Waals surface area contributed by atoms with Crippen molar-refractivity contribution >= 4 is 5.97 Å². The number of hydrogen-bond donors (Lipinski definition) is 1. The number of methoxy groups -OCH3 is 1. The predicted octanol–water partition coefficient (Wildman–Crippen LogP) is 1.11. The van der Waals surface area contributed by atoms with Gasteiger partial charge in [-0.05, 0) is 39.0 Å². The quantitative estimate of drug-likeness (QED) is 0.703. The van der Waals surface area contributed by atoms with Gasteiger partial charge in [-0.3, -0.25) is 5.32 Å². The first-order chi connectivity index (χ1) is 9.08. The number of esters is 1. The lowest BCUT2D eigenvalue weighted by atomic mass is 9.93. The summed E-state index contributed by atoms with van der Waals surface area (Å²) in [5, 5.41) is 3.39. The monoisotopic (exact) mass is 271 g/mol. The third-order valence-electron chi connectivity index (χ3n) is 3.80. The zero-order valence-corrected chi connectivity index (χ0v) is 12.1. The van der Waals surface area contributed by atoms with Crippen molar-refractivity contribution in [3.05, 3.63) is 0 Å². The highest BCUT2D eigenvalue weighted by molar-refractivity contribution is 5.82. The fourth-order valence-electron chi connectivity index (χ4n) is 2.73. The van der Waals surface area contributed by atoms with Gasteiger partial charge < -0.3 is 14.2 Å². The largest absolute Gasteiger partial charge is 0.468 e. The van der Waals surface area contributed by atoms with E-state index in [2.05, 4.69) is 5.32 Å². The standard InChI is InChI=1S/C14H25NO4/c1-10(2)15-14(11-4-5-11,13(16)17-3)9-19-12-6-7-18-8-12/h10-12,15H,4-9H2,1-3H3. The number of carbonyl (C=O) groups excluding carboxylic acids is 1. The first kappa shape index (κ1) is 14.8. The molecule has 1 aliphatic carbocycles. The van der Waals surface area contributed by atoms with E-state index in [1.807, 2.05) is 13.8 Å². The van der Waals surface area contributed by atoms with Crippen LogP contribution in [0.4, 0.5) is 0 Å². The molecule has 2 fully saturated rings. The van der Waals surface area contributed by atoms with E-state index in [-0.39, 0.29) is 18.1 Å². The summed E-state index contributed by atoms with van der Waals surface area (Å²) in [6.07, 6.45) is 3.12. The molecule has 1 N–H and O–H groups in total. The van der Waals surface area contributed by atoms with E-state index < -0.39 is 5.54 Å². The molecule has 0 spiro atoms. The molecule has 0 aromatic carbocycles. The third-order valence-corrected chi connectivity index (χ3v) is 3.80. The number of nitrogens with one attached hydrogen (secondary N) is 1. The van der Waals surface area contributed by atoms with Gasteiger partial charge in [0.05, 0.1) is 26.4 Å². The lowest BCUT2D eigenvalue weighted by molar-refractivity contribution is -0.154. The molecule has 5 nitrogen and oxygen atoms in total. The number of hydrogen-bond acceptors (Lipinski definition) is 5. The molecule has 5 heteroatoms. The van der Waals surface area contributed by atoms with Crippen LogP contribution in [-0.2, 0) is 19.0 Å². The predicted molar refractivity (Wildman–Crippen MR) is 70.9 cm³/mol. The molecule has 0 radical (unpaired) electrons. The average Bonchev–Trinajstić information content (AvgIpc) is 3.11. The smallest absolute Gasteiger partial charge is 0.328 e. The summed E-state index contributed by atoms with van der Waals surface area (Å²) in [5.74, 6) is 0.118. The second kappa shape index (κ2) is 6.20. The minimum absolute atomic E-state index is 0.108. The Morgan fingerprint density at radius 2 is 2.16 bits per heavy atom. The summed E-state index contributed by atoms with van der Waals surface area (Å²) in [7, 11) is 1.44. The van der Waals surface area contributed by atoms with E-state index in [1.165, 1.54) is 7.11 Å². The molecule has 0 bridgehead atoms. The topological polar surface area (TPSA) is 56.8 Å². The summed E-state index contributed by atoms with van der Waals surface area (Å²) < 4.78 is 16.2. The van der Waals surface area contributed by atoms with Crippen LogP contribution in [0.5, 0.6) is 0 Å². The Balaban J connectivity index is 2.04. The second-order valence-electron chi connectivity index (χ2n) is 5.83. The van der Waals surface area contributed by atoms with Gasteiger partial charge in [0.1, 0.15) is 5.54 Å². The average molecular weight is 271 g/mol. The molecule has 1 saturated heterocycles. The minimum Gasteiger partial charge on any atom is -0.468 e. The first-order valence-electron chi connectivity index (χ1n) is 7.14. The maximum Gasteiger partial charge on any atom is 0.328 e. The molecule has 0 aromatic heterocycles. The van der Waals surface area contributed by atoms with Gasteiger partial charge >= 0.3 is 5.97 Å². The number of ether oxygens (including phenoxy) is 3. The first-order valence-corrected chi connectivity index (χ1v) is 7.14. The Hall–Kier alpha value is -0.650. The molecule has 1 heterocycles. The molecule has 1 aliphatic heterocycles. The van der Waals surface area contributed by atoms with Crippen molar-refractivity contribution in [1.82, 2.24) is 5.32 Å². The highest BCUT2D eigenvalue weighted by atomic mass is 16.6. The summed E-state index contributed by atoms with van der Waals surface area (Å²) in [6, 6.07) is 0.211. The Morgan fingerprint density at radius 1 is 1.42 bits per heavy atom. The molecule has 2 rings (SSSR count). The van der Waals surface area contributed by atoms with Crippen molar-refractivity contribution in [2.75, 3.05) is 26.9 Å². The van der Waals surface area contributed by atoms with E-state index in [9.17, 15) is 4.79 Å². The molecule has 2 unspecified atom stereocenters. The molecule has 2 aliphatic rings. The summed E-state index contributed by atoms with van der Waals surface area (Å²) >= 11 is 0. The van der Waals surface area contributed by atoms with Crippen molar-refractivity contribution in [3.8, 4) is 0 Å². The second-order valence-corrected chi connectivity index (χ2v) is 5.83. The van der Waals surface area contributed by atoms with Gasteiger partial charge in [-0.25, -0.2) is 4.79 Å². The molecule has 1 saturated carbocycles. The van der Waals surface area contributed by atoms with Crippen LogP contribution >= 0.6 is 0 Å². The third kappa shape index (κ3) is 3.46. The maximum atomic E-state index is 12.3.